The molecule has 3 nitrogen and oxygen atoms in total. The summed E-state index contributed by atoms with van der Waals surface area (Å²) in [5.74, 6) is 1.36. The molecular formula is C53H43N3. The van der Waals surface area contributed by atoms with Gasteiger partial charge in [-0.15, -0.1) is 0 Å². The minimum atomic E-state index is -0.169. The molecule has 2 heterocycles. The lowest BCUT2D eigenvalue weighted by Gasteiger charge is -2.29. The number of hydrogen-bond donors (Lipinski definition) is 0. The quantitative estimate of drug-likeness (QED) is 0.171. The van der Waals surface area contributed by atoms with Crippen LogP contribution >= 0.6 is 0 Å². The fraction of sp³-hybridized carbons (Fsp3) is 0.132. The SMILES string of the molecule is CC1c2cc3c(cc2C(C)(C)c2ccccc2C1Cc1ccccc1)c1ccccc1n3-c1ccc(-c2nc(-c3ccccc3)cc(-c3ccccc3)n2)cc1. The Bertz CT molecular complexity index is 2800. The van der Waals surface area contributed by atoms with Gasteiger partial charge in [0.15, 0.2) is 5.82 Å². The molecule has 2 unspecified atom stereocenters. The first-order chi connectivity index (χ1) is 27.4. The van der Waals surface area contributed by atoms with Gasteiger partial charge in [-0.25, -0.2) is 9.97 Å². The predicted octanol–water partition coefficient (Wildman–Crippen LogP) is 13.3. The van der Waals surface area contributed by atoms with Crippen LogP contribution in [0.5, 0.6) is 0 Å². The summed E-state index contributed by atoms with van der Waals surface area (Å²) in [6.45, 7) is 7.29. The third-order valence-electron chi connectivity index (χ3n) is 12.2. The predicted molar refractivity (Wildman–Crippen MR) is 233 cm³/mol. The lowest BCUT2D eigenvalue weighted by molar-refractivity contribution is 0.574. The van der Waals surface area contributed by atoms with Gasteiger partial charge in [0.2, 0.25) is 0 Å². The molecule has 1 aliphatic carbocycles. The lowest BCUT2D eigenvalue weighted by Crippen LogP contribution is -2.21. The first-order valence-corrected chi connectivity index (χ1v) is 19.8. The van der Waals surface area contributed by atoms with E-state index in [0.717, 1.165) is 40.2 Å². The molecule has 0 aliphatic heterocycles. The number of para-hydroxylation sites is 1. The van der Waals surface area contributed by atoms with Crippen molar-refractivity contribution in [1.82, 2.24) is 14.5 Å². The second kappa shape index (κ2) is 13.6. The molecule has 270 valence electrons. The van der Waals surface area contributed by atoms with Gasteiger partial charge in [0.25, 0.3) is 0 Å². The molecule has 10 rings (SSSR count). The van der Waals surface area contributed by atoms with E-state index in [2.05, 4.69) is 195 Å². The van der Waals surface area contributed by atoms with Crippen LogP contribution < -0.4 is 0 Å². The molecule has 2 aromatic heterocycles. The van der Waals surface area contributed by atoms with Crippen LogP contribution in [-0.2, 0) is 11.8 Å². The molecule has 2 atom stereocenters. The highest BCUT2D eigenvalue weighted by atomic mass is 15.0. The van der Waals surface area contributed by atoms with Crippen LogP contribution in [0.3, 0.4) is 0 Å². The third-order valence-corrected chi connectivity index (χ3v) is 12.2. The first-order valence-electron chi connectivity index (χ1n) is 19.8. The van der Waals surface area contributed by atoms with Crippen LogP contribution in [0.1, 0.15) is 60.4 Å². The maximum atomic E-state index is 5.11. The zero-order valence-corrected chi connectivity index (χ0v) is 32.0. The van der Waals surface area contributed by atoms with Gasteiger partial charge in [-0.2, -0.15) is 0 Å². The van der Waals surface area contributed by atoms with Gasteiger partial charge in [-0.1, -0.05) is 154 Å². The Morgan fingerprint density at radius 3 is 1.77 bits per heavy atom. The van der Waals surface area contributed by atoms with E-state index in [9.17, 15) is 0 Å². The molecule has 0 saturated carbocycles. The first kappa shape index (κ1) is 33.9. The summed E-state index contributed by atoms with van der Waals surface area (Å²) < 4.78 is 2.45. The monoisotopic (exact) mass is 721 g/mol. The summed E-state index contributed by atoms with van der Waals surface area (Å²) in [6.07, 6.45) is 0.997. The Morgan fingerprint density at radius 1 is 0.500 bits per heavy atom. The Morgan fingerprint density at radius 2 is 1.09 bits per heavy atom. The number of fused-ring (bicyclic) bond motifs is 5. The van der Waals surface area contributed by atoms with E-state index in [0.29, 0.717) is 17.7 Å². The summed E-state index contributed by atoms with van der Waals surface area (Å²) in [7, 11) is 0. The van der Waals surface area contributed by atoms with Gasteiger partial charge >= 0.3 is 0 Å². The van der Waals surface area contributed by atoms with Gasteiger partial charge in [-0.3, -0.25) is 0 Å². The van der Waals surface area contributed by atoms with E-state index in [1.807, 2.05) is 12.1 Å². The van der Waals surface area contributed by atoms with E-state index in [4.69, 9.17) is 9.97 Å². The van der Waals surface area contributed by atoms with E-state index in [1.54, 1.807) is 0 Å². The summed E-state index contributed by atoms with van der Waals surface area (Å²) >= 11 is 0. The normalized spacial score (nSPS) is 16.0. The molecule has 1 aliphatic rings. The Balaban J connectivity index is 1.13. The van der Waals surface area contributed by atoms with Crippen LogP contribution in [0.2, 0.25) is 0 Å². The summed E-state index contributed by atoms with van der Waals surface area (Å²) in [6, 6.07) is 65.8. The molecule has 9 aromatic rings. The minimum Gasteiger partial charge on any atom is -0.309 e. The Labute approximate surface area is 329 Å². The van der Waals surface area contributed by atoms with Crippen LogP contribution in [0.25, 0.3) is 61.4 Å². The highest BCUT2D eigenvalue weighted by Crippen LogP contribution is 2.51. The van der Waals surface area contributed by atoms with Gasteiger partial charge < -0.3 is 4.57 Å². The number of hydrogen-bond acceptors (Lipinski definition) is 2. The maximum Gasteiger partial charge on any atom is 0.160 e. The van der Waals surface area contributed by atoms with Crippen molar-refractivity contribution < 1.29 is 0 Å². The molecule has 7 aromatic carbocycles. The molecular weight excluding hydrogens is 679 g/mol. The van der Waals surface area contributed by atoms with Gasteiger partial charge in [0, 0.05) is 38.6 Å². The zero-order valence-electron chi connectivity index (χ0n) is 32.0. The summed E-state index contributed by atoms with van der Waals surface area (Å²) in [5, 5.41) is 2.55. The summed E-state index contributed by atoms with van der Waals surface area (Å²) in [4.78, 5) is 10.2. The fourth-order valence-electron chi connectivity index (χ4n) is 9.25. The topological polar surface area (TPSA) is 30.7 Å². The standard InChI is InChI=1S/C53H43N3/c1-35-43(31-36-17-7-4-8-18-36)41-23-13-15-25-46(41)53(2,3)47-32-45-42-24-14-16-26-50(42)56(51(45)33-44(35)47)40-29-27-39(28-30-40)52-54-48(37-19-9-5-10-20-37)34-49(55-52)38-21-11-6-12-22-38/h4-30,32-35,43H,31H2,1-3H3. The van der Waals surface area contributed by atoms with Crippen molar-refractivity contribution in [2.24, 2.45) is 0 Å². The molecule has 0 saturated heterocycles. The Kier molecular flexibility index (Phi) is 8.26. The second-order valence-corrected chi connectivity index (χ2v) is 15.8. The van der Waals surface area contributed by atoms with E-state index in [-0.39, 0.29) is 5.41 Å². The van der Waals surface area contributed by atoms with Crippen molar-refractivity contribution in [1.29, 1.82) is 0 Å². The van der Waals surface area contributed by atoms with Crippen LogP contribution in [0, 0.1) is 0 Å². The third kappa shape index (κ3) is 5.74. The highest BCUT2D eigenvalue weighted by molar-refractivity contribution is 6.10. The van der Waals surface area contributed by atoms with E-state index in [1.165, 1.54) is 49.6 Å². The zero-order chi connectivity index (χ0) is 37.8. The fourth-order valence-corrected chi connectivity index (χ4v) is 9.25. The second-order valence-electron chi connectivity index (χ2n) is 15.8. The van der Waals surface area contributed by atoms with Gasteiger partial charge in [0.1, 0.15) is 0 Å². The number of nitrogens with zero attached hydrogens (tertiary/aromatic N) is 3. The molecule has 3 heteroatoms. The molecule has 0 spiro atoms. The van der Waals surface area contributed by atoms with Gasteiger partial charge in [-0.05, 0) is 94.6 Å². The molecule has 0 fully saturated rings. The average Bonchev–Trinajstić information content (AvgIpc) is 3.56. The van der Waals surface area contributed by atoms with Crippen molar-refractivity contribution >= 4 is 21.8 Å². The van der Waals surface area contributed by atoms with Crippen molar-refractivity contribution in [2.75, 3.05) is 0 Å². The van der Waals surface area contributed by atoms with Crippen LogP contribution in [0.4, 0.5) is 0 Å². The van der Waals surface area contributed by atoms with Crippen LogP contribution in [-0.4, -0.2) is 14.5 Å². The van der Waals surface area contributed by atoms with Crippen molar-refractivity contribution in [2.45, 2.75) is 44.4 Å². The minimum absolute atomic E-state index is 0.169. The molecule has 0 radical (unpaired) electrons. The van der Waals surface area contributed by atoms with Crippen molar-refractivity contribution in [3.8, 4) is 39.6 Å². The molecule has 0 N–H and O–H groups in total. The number of aromatic nitrogens is 3. The largest absolute Gasteiger partial charge is 0.309 e. The number of rotatable bonds is 6. The van der Waals surface area contributed by atoms with Crippen LogP contribution in [0.15, 0.2) is 182 Å². The van der Waals surface area contributed by atoms with Crippen molar-refractivity contribution in [3.05, 3.63) is 210 Å². The maximum absolute atomic E-state index is 5.11. The summed E-state index contributed by atoms with van der Waals surface area (Å²) in [5.41, 5.74) is 15.5. The van der Waals surface area contributed by atoms with Crippen molar-refractivity contribution in [3.63, 3.8) is 0 Å². The number of benzene rings is 7. The smallest absolute Gasteiger partial charge is 0.160 e. The molecule has 0 bridgehead atoms. The van der Waals surface area contributed by atoms with E-state index < -0.39 is 0 Å². The highest BCUT2D eigenvalue weighted by Gasteiger charge is 2.38. The molecule has 0 amide bonds. The Hall–Kier alpha value is -6.58. The lowest BCUT2D eigenvalue weighted by atomic mass is 9.75. The molecule has 56 heavy (non-hydrogen) atoms. The van der Waals surface area contributed by atoms with Gasteiger partial charge in [0.05, 0.1) is 22.4 Å². The van der Waals surface area contributed by atoms with E-state index >= 15 is 0 Å². The average molecular weight is 722 g/mol.